The van der Waals surface area contributed by atoms with Gasteiger partial charge in [-0.25, -0.2) is 0 Å². The molecule has 24 heavy (non-hydrogen) atoms. The van der Waals surface area contributed by atoms with Crippen molar-refractivity contribution in [1.29, 1.82) is 0 Å². The van der Waals surface area contributed by atoms with Gasteiger partial charge in [-0.3, -0.25) is 4.79 Å². The molecular formula is C15H21ClF2N2O4. The second-order valence-electron chi connectivity index (χ2n) is 5.14. The van der Waals surface area contributed by atoms with Gasteiger partial charge in [0.25, 0.3) is 5.91 Å². The van der Waals surface area contributed by atoms with Gasteiger partial charge in [0.2, 0.25) is 5.75 Å². The van der Waals surface area contributed by atoms with Crippen LogP contribution in [0.5, 0.6) is 17.2 Å². The second kappa shape index (κ2) is 8.89. The summed E-state index contributed by atoms with van der Waals surface area (Å²) in [5, 5.41) is 3.20. The molecule has 9 heteroatoms. The van der Waals surface area contributed by atoms with Crippen molar-refractivity contribution in [3.05, 3.63) is 17.7 Å². The fraction of sp³-hybridized carbons (Fsp3) is 0.533. The van der Waals surface area contributed by atoms with Gasteiger partial charge in [-0.05, 0) is 19.1 Å². The van der Waals surface area contributed by atoms with E-state index in [-0.39, 0.29) is 41.6 Å². The molecule has 2 rings (SSSR count). The van der Waals surface area contributed by atoms with E-state index in [4.69, 9.17) is 9.47 Å². The van der Waals surface area contributed by atoms with Gasteiger partial charge in [-0.2, -0.15) is 8.78 Å². The molecule has 0 aliphatic carbocycles. The van der Waals surface area contributed by atoms with E-state index in [2.05, 4.69) is 10.1 Å². The number of nitrogens with zero attached hydrogens (tertiary/aromatic N) is 1. The summed E-state index contributed by atoms with van der Waals surface area (Å²) >= 11 is 0. The zero-order valence-corrected chi connectivity index (χ0v) is 14.5. The Morgan fingerprint density at radius 3 is 2.33 bits per heavy atom. The van der Waals surface area contributed by atoms with E-state index < -0.39 is 6.61 Å². The summed E-state index contributed by atoms with van der Waals surface area (Å²) < 4.78 is 39.7. The monoisotopic (exact) mass is 366 g/mol. The van der Waals surface area contributed by atoms with Crippen LogP contribution in [0.15, 0.2) is 12.1 Å². The summed E-state index contributed by atoms with van der Waals surface area (Å²) in [5.41, 5.74) is 0.300. The molecule has 1 aromatic rings. The first-order chi connectivity index (χ1) is 11.0. The van der Waals surface area contributed by atoms with E-state index in [0.717, 1.165) is 0 Å². The van der Waals surface area contributed by atoms with Crippen LogP contribution in [0.2, 0.25) is 0 Å². The summed E-state index contributed by atoms with van der Waals surface area (Å²) in [6, 6.07) is 2.81. The van der Waals surface area contributed by atoms with E-state index in [9.17, 15) is 13.6 Å². The lowest BCUT2D eigenvalue weighted by atomic mass is 10.1. The summed E-state index contributed by atoms with van der Waals surface area (Å²) in [7, 11) is 2.63. The number of nitrogens with one attached hydrogen (secondary N) is 1. The number of halogens is 3. The van der Waals surface area contributed by atoms with Gasteiger partial charge >= 0.3 is 6.61 Å². The molecule has 1 fully saturated rings. The first-order valence-corrected chi connectivity index (χ1v) is 7.20. The van der Waals surface area contributed by atoms with Crippen LogP contribution in [-0.2, 0) is 0 Å². The molecule has 0 saturated carbocycles. The average Bonchev–Trinajstić information content (AvgIpc) is 2.54. The van der Waals surface area contributed by atoms with Gasteiger partial charge < -0.3 is 24.4 Å². The minimum absolute atomic E-state index is 0. The first kappa shape index (κ1) is 20.2. The number of hydrogen-bond donors (Lipinski definition) is 1. The quantitative estimate of drug-likeness (QED) is 0.865. The smallest absolute Gasteiger partial charge is 0.387 e. The number of amides is 1. The Labute approximate surface area is 145 Å². The van der Waals surface area contributed by atoms with E-state index in [1.54, 1.807) is 4.90 Å². The van der Waals surface area contributed by atoms with E-state index in [0.29, 0.717) is 25.2 Å². The highest BCUT2D eigenvalue weighted by Crippen LogP contribution is 2.39. The highest BCUT2D eigenvalue weighted by atomic mass is 35.5. The van der Waals surface area contributed by atoms with Crippen molar-refractivity contribution >= 4 is 18.3 Å². The van der Waals surface area contributed by atoms with Crippen LogP contribution in [0.1, 0.15) is 17.3 Å². The SMILES string of the molecule is COc1cc(C(=O)N2CCNCC2C)cc(OC)c1OC(F)F.Cl. The Balaban J connectivity index is 0.00000288. The lowest BCUT2D eigenvalue weighted by molar-refractivity contribution is -0.0526. The number of rotatable bonds is 5. The van der Waals surface area contributed by atoms with Gasteiger partial charge in [0.15, 0.2) is 11.5 Å². The maximum absolute atomic E-state index is 12.7. The normalized spacial score (nSPS) is 17.2. The minimum atomic E-state index is -3.02. The number of carbonyl (C=O) groups is 1. The molecule has 1 aliphatic heterocycles. The molecular weight excluding hydrogens is 346 g/mol. The van der Waals surface area contributed by atoms with Crippen molar-refractivity contribution in [1.82, 2.24) is 10.2 Å². The highest BCUT2D eigenvalue weighted by molar-refractivity contribution is 5.96. The Hall–Kier alpha value is -1.80. The van der Waals surface area contributed by atoms with Crippen molar-refractivity contribution in [3.8, 4) is 17.2 Å². The Kier molecular flexibility index (Phi) is 7.50. The van der Waals surface area contributed by atoms with Gasteiger partial charge in [0.1, 0.15) is 0 Å². The highest BCUT2D eigenvalue weighted by Gasteiger charge is 2.27. The molecule has 1 atom stereocenters. The van der Waals surface area contributed by atoms with Crippen LogP contribution in [0.4, 0.5) is 8.78 Å². The molecule has 1 N–H and O–H groups in total. The molecule has 0 radical (unpaired) electrons. The summed E-state index contributed by atoms with van der Waals surface area (Å²) in [4.78, 5) is 14.4. The van der Waals surface area contributed by atoms with Crippen molar-refractivity contribution in [2.45, 2.75) is 19.6 Å². The van der Waals surface area contributed by atoms with Gasteiger partial charge in [0, 0.05) is 31.2 Å². The first-order valence-electron chi connectivity index (χ1n) is 7.20. The number of hydrogen-bond acceptors (Lipinski definition) is 5. The van der Waals surface area contributed by atoms with Crippen molar-refractivity contribution in [2.75, 3.05) is 33.9 Å². The fourth-order valence-electron chi connectivity index (χ4n) is 2.52. The standard InChI is InChI=1S/C15H20F2N2O4.ClH/c1-9-8-18-4-5-19(9)14(20)10-6-11(21-2)13(23-15(16)17)12(7-10)22-3;/h6-7,9,15,18H,4-5,8H2,1-3H3;1H. The zero-order chi connectivity index (χ0) is 17.0. The number of alkyl halides is 2. The average molecular weight is 367 g/mol. The second-order valence-corrected chi connectivity index (χ2v) is 5.14. The third kappa shape index (κ3) is 4.39. The minimum Gasteiger partial charge on any atom is -0.493 e. The van der Waals surface area contributed by atoms with Gasteiger partial charge in [0.05, 0.1) is 14.2 Å². The third-order valence-corrected chi connectivity index (χ3v) is 3.68. The molecule has 1 heterocycles. The van der Waals surface area contributed by atoms with Crippen LogP contribution in [0.3, 0.4) is 0 Å². The maximum atomic E-state index is 12.7. The van der Waals surface area contributed by atoms with E-state index in [1.807, 2.05) is 6.92 Å². The topological polar surface area (TPSA) is 60.0 Å². The van der Waals surface area contributed by atoms with Crippen molar-refractivity contribution in [2.24, 2.45) is 0 Å². The Morgan fingerprint density at radius 2 is 1.88 bits per heavy atom. The molecule has 6 nitrogen and oxygen atoms in total. The third-order valence-electron chi connectivity index (χ3n) is 3.68. The predicted octanol–water partition coefficient (Wildman–Crippen LogP) is 2.16. The molecule has 1 unspecified atom stereocenters. The molecule has 136 valence electrons. The van der Waals surface area contributed by atoms with Crippen LogP contribution >= 0.6 is 12.4 Å². The molecule has 0 aromatic heterocycles. The van der Waals surface area contributed by atoms with Crippen LogP contribution in [-0.4, -0.2) is 57.3 Å². The lowest BCUT2D eigenvalue weighted by Crippen LogP contribution is -2.52. The summed E-state index contributed by atoms with van der Waals surface area (Å²) in [6.45, 7) is 0.892. The number of carbonyl (C=O) groups excluding carboxylic acids is 1. The largest absolute Gasteiger partial charge is 0.493 e. The number of ether oxygens (including phenoxy) is 3. The molecule has 1 saturated heterocycles. The van der Waals surface area contributed by atoms with Crippen LogP contribution in [0, 0.1) is 0 Å². The molecule has 1 amide bonds. The number of methoxy groups -OCH3 is 2. The molecule has 1 aromatic carbocycles. The van der Waals surface area contributed by atoms with Crippen LogP contribution < -0.4 is 19.5 Å². The summed E-state index contributed by atoms with van der Waals surface area (Å²) in [5.74, 6) is -0.388. The summed E-state index contributed by atoms with van der Waals surface area (Å²) in [6.07, 6.45) is 0. The predicted molar refractivity (Wildman–Crippen MR) is 86.8 cm³/mol. The number of benzene rings is 1. The van der Waals surface area contributed by atoms with Crippen molar-refractivity contribution in [3.63, 3.8) is 0 Å². The Morgan fingerprint density at radius 1 is 1.29 bits per heavy atom. The molecule has 0 spiro atoms. The van der Waals surface area contributed by atoms with Crippen molar-refractivity contribution < 1.29 is 27.8 Å². The number of piperazine rings is 1. The van der Waals surface area contributed by atoms with E-state index >= 15 is 0 Å². The maximum Gasteiger partial charge on any atom is 0.387 e. The van der Waals surface area contributed by atoms with Crippen LogP contribution in [0.25, 0.3) is 0 Å². The van der Waals surface area contributed by atoms with Gasteiger partial charge in [-0.15, -0.1) is 12.4 Å². The van der Waals surface area contributed by atoms with E-state index in [1.165, 1.54) is 26.4 Å². The fourth-order valence-corrected chi connectivity index (χ4v) is 2.52. The zero-order valence-electron chi connectivity index (χ0n) is 13.7. The molecule has 0 bridgehead atoms. The van der Waals surface area contributed by atoms with Gasteiger partial charge in [-0.1, -0.05) is 0 Å². The lowest BCUT2D eigenvalue weighted by Gasteiger charge is -2.34. The Bertz CT molecular complexity index is 549. The molecule has 1 aliphatic rings.